The van der Waals surface area contributed by atoms with Gasteiger partial charge in [0.05, 0.1) is 12.7 Å². The van der Waals surface area contributed by atoms with Crippen molar-refractivity contribution in [2.24, 2.45) is 0 Å². The molecule has 0 atom stereocenters. The van der Waals surface area contributed by atoms with Crippen molar-refractivity contribution in [3.05, 3.63) is 89.3 Å². The van der Waals surface area contributed by atoms with Crippen LogP contribution in [0.1, 0.15) is 33.2 Å². The van der Waals surface area contributed by atoms with Crippen molar-refractivity contribution in [3.8, 4) is 11.5 Å². The van der Waals surface area contributed by atoms with Crippen LogP contribution in [0.25, 0.3) is 17.0 Å². The lowest BCUT2D eigenvalue weighted by Crippen LogP contribution is -2.33. The van der Waals surface area contributed by atoms with E-state index in [1.54, 1.807) is 67.6 Å². The summed E-state index contributed by atoms with van der Waals surface area (Å²) in [5.41, 5.74) is 3.74. The molecule has 43 heavy (non-hydrogen) atoms. The molecule has 0 unspecified atom stereocenters. The van der Waals surface area contributed by atoms with E-state index in [0.29, 0.717) is 34.8 Å². The van der Waals surface area contributed by atoms with Crippen molar-refractivity contribution < 1.29 is 23.9 Å². The summed E-state index contributed by atoms with van der Waals surface area (Å²) in [6.45, 7) is 4.20. The average Bonchev–Trinajstić information content (AvgIpc) is 3.51. The van der Waals surface area contributed by atoms with Gasteiger partial charge in [0.1, 0.15) is 11.5 Å². The third-order valence-corrected chi connectivity index (χ3v) is 7.29. The van der Waals surface area contributed by atoms with Crippen LogP contribution in [0.5, 0.6) is 11.5 Å². The molecule has 1 aliphatic rings. The molecule has 10 nitrogen and oxygen atoms in total. The van der Waals surface area contributed by atoms with Crippen molar-refractivity contribution >= 4 is 46.1 Å². The monoisotopic (exact) mass is 581 g/mol. The van der Waals surface area contributed by atoms with E-state index in [-0.39, 0.29) is 17.4 Å². The summed E-state index contributed by atoms with van der Waals surface area (Å²) >= 11 is 0. The quantitative estimate of drug-likeness (QED) is 0.251. The standard InChI is InChI=1S/C33H35N5O5/c1-6-38-20-22(26-19-25(42-5)12-13-28(26)38)17-30-31(39)27-18-24(11-14-29(27)43-30)35-33(41)34-23-9-7-21(8-10-23)32(40)37(4)16-15-36(2)3/h7-14,17-20H,6,15-16H2,1-5H3,(H2,34,35,41)/b30-17-. The lowest BCUT2D eigenvalue weighted by atomic mass is 10.1. The zero-order valence-corrected chi connectivity index (χ0v) is 24.9. The fourth-order valence-corrected chi connectivity index (χ4v) is 4.88. The van der Waals surface area contributed by atoms with Crippen molar-refractivity contribution in [2.45, 2.75) is 13.5 Å². The summed E-state index contributed by atoms with van der Waals surface area (Å²) in [5, 5.41) is 6.47. The van der Waals surface area contributed by atoms with Gasteiger partial charge < -0.3 is 34.5 Å². The molecule has 1 aliphatic heterocycles. The summed E-state index contributed by atoms with van der Waals surface area (Å²) in [6, 6.07) is 17.0. The molecule has 0 saturated carbocycles. The van der Waals surface area contributed by atoms with Gasteiger partial charge >= 0.3 is 6.03 Å². The summed E-state index contributed by atoms with van der Waals surface area (Å²) in [5.74, 6) is 0.998. The van der Waals surface area contributed by atoms with Crippen molar-refractivity contribution in [2.75, 3.05) is 52.0 Å². The van der Waals surface area contributed by atoms with E-state index in [9.17, 15) is 14.4 Å². The minimum atomic E-state index is -0.481. The fraction of sp³-hybridized carbons (Fsp3) is 0.242. The van der Waals surface area contributed by atoms with E-state index < -0.39 is 6.03 Å². The van der Waals surface area contributed by atoms with Gasteiger partial charge in [-0.15, -0.1) is 0 Å². The van der Waals surface area contributed by atoms with Crippen LogP contribution in [-0.2, 0) is 6.54 Å². The molecule has 222 valence electrons. The normalized spacial score (nSPS) is 13.3. The van der Waals surface area contributed by atoms with E-state index in [0.717, 1.165) is 35.3 Å². The molecular weight excluding hydrogens is 546 g/mol. The van der Waals surface area contributed by atoms with Crippen LogP contribution < -0.4 is 20.1 Å². The van der Waals surface area contributed by atoms with Crippen LogP contribution in [0.4, 0.5) is 16.2 Å². The van der Waals surface area contributed by atoms with E-state index in [4.69, 9.17) is 9.47 Å². The SMILES string of the molecule is CCn1cc(/C=C2\Oc3ccc(NC(=O)Nc4ccc(C(=O)N(C)CCN(C)C)cc4)cc3C2=O)c2cc(OC)ccc21. The summed E-state index contributed by atoms with van der Waals surface area (Å²) < 4.78 is 13.4. The highest BCUT2D eigenvalue weighted by Gasteiger charge is 2.28. The van der Waals surface area contributed by atoms with Gasteiger partial charge in [-0.3, -0.25) is 9.59 Å². The van der Waals surface area contributed by atoms with Gasteiger partial charge in [0.15, 0.2) is 5.76 Å². The molecule has 0 saturated heterocycles. The first kappa shape index (κ1) is 29.4. The molecule has 3 aromatic carbocycles. The third kappa shape index (κ3) is 6.39. The molecular formula is C33H35N5O5. The highest BCUT2D eigenvalue weighted by Crippen LogP contribution is 2.35. The molecule has 0 radical (unpaired) electrons. The molecule has 3 amide bonds. The summed E-state index contributed by atoms with van der Waals surface area (Å²) in [4.78, 5) is 42.3. The molecule has 5 rings (SSSR count). The third-order valence-electron chi connectivity index (χ3n) is 7.29. The second-order valence-electron chi connectivity index (χ2n) is 10.6. The van der Waals surface area contributed by atoms with Gasteiger partial charge in [-0.1, -0.05) is 0 Å². The number of allylic oxidation sites excluding steroid dienone is 1. The second-order valence-corrected chi connectivity index (χ2v) is 10.6. The Morgan fingerprint density at radius 1 is 0.953 bits per heavy atom. The number of amides is 3. The molecule has 2 N–H and O–H groups in total. The molecule has 1 aromatic heterocycles. The van der Waals surface area contributed by atoms with Crippen molar-refractivity contribution in [3.63, 3.8) is 0 Å². The molecule has 2 heterocycles. The number of ether oxygens (including phenoxy) is 2. The number of rotatable bonds is 9. The van der Waals surface area contributed by atoms with Crippen LogP contribution in [-0.4, -0.2) is 73.4 Å². The first-order valence-corrected chi connectivity index (χ1v) is 14.0. The smallest absolute Gasteiger partial charge is 0.323 e. The molecule has 0 bridgehead atoms. The van der Waals surface area contributed by atoms with Crippen molar-refractivity contribution in [1.29, 1.82) is 0 Å². The van der Waals surface area contributed by atoms with Crippen molar-refractivity contribution in [1.82, 2.24) is 14.4 Å². The number of hydrogen-bond donors (Lipinski definition) is 2. The number of anilines is 2. The van der Waals surface area contributed by atoms with E-state index in [1.165, 1.54) is 0 Å². The first-order chi connectivity index (χ1) is 20.7. The zero-order chi connectivity index (χ0) is 30.7. The van der Waals surface area contributed by atoms with Gasteiger partial charge in [0.25, 0.3) is 5.91 Å². The lowest BCUT2D eigenvalue weighted by Gasteiger charge is -2.19. The van der Waals surface area contributed by atoms with E-state index >= 15 is 0 Å². The van der Waals surface area contributed by atoms with E-state index in [1.807, 2.05) is 43.4 Å². The number of carbonyl (C=O) groups excluding carboxylic acids is 3. The summed E-state index contributed by atoms with van der Waals surface area (Å²) in [7, 11) is 7.30. The number of aromatic nitrogens is 1. The maximum Gasteiger partial charge on any atom is 0.323 e. The molecule has 10 heteroatoms. The number of hydrogen-bond acceptors (Lipinski definition) is 6. The average molecular weight is 582 g/mol. The number of benzene rings is 3. The van der Waals surface area contributed by atoms with Crippen LogP contribution >= 0.6 is 0 Å². The topological polar surface area (TPSA) is 105 Å². The minimum absolute atomic E-state index is 0.0906. The highest BCUT2D eigenvalue weighted by atomic mass is 16.5. The number of aryl methyl sites for hydroxylation is 1. The Hall–Kier alpha value is -5.09. The minimum Gasteiger partial charge on any atom is -0.497 e. The maximum atomic E-state index is 13.3. The Balaban J connectivity index is 1.25. The van der Waals surface area contributed by atoms with Gasteiger partial charge in [0.2, 0.25) is 5.78 Å². The Kier molecular flexibility index (Phi) is 8.49. The Labute approximate surface area is 250 Å². The number of ketones is 1. The number of nitrogens with one attached hydrogen (secondary N) is 2. The second kappa shape index (κ2) is 12.4. The van der Waals surface area contributed by atoms with Crippen LogP contribution in [0.3, 0.4) is 0 Å². The maximum absolute atomic E-state index is 13.3. The molecule has 0 spiro atoms. The number of Topliss-reactive ketones (excluding diaryl/α,β-unsaturated/α-hetero) is 1. The molecule has 0 aliphatic carbocycles. The van der Waals surface area contributed by atoms with E-state index in [2.05, 4.69) is 22.1 Å². The largest absolute Gasteiger partial charge is 0.497 e. The molecule has 4 aromatic rings. The van der Waals surface area contributed by atoms with Gasteiger partial charge in [-0.05, 0) is 87.8 Å². The number of likely N-dealkylation sites (N-methyl/N-ethyl adjacent to an activating group) is 2. The van der Waals surface area contributed by atoms with Crippen LogP contribution in [0.15, 0.2) is 72.6 Å². The molecule has 0 fully saturated rings. The Morgan fingerprint density at radius 2 is 1.67 bits per heavy atom. The Bertz CT molecular complexity index is 1720. The number of methoxy groups -OCH3 is 1. The number of carbonyl (C=O) groups is 3. The van der Waals surface area contributed by atoms with Gasteiger partial charge in [-0.2, -0.15) is 0 Å². The number of fused-ring (bicyclic) bond motifs is 2. The van der Waals surface area contributed by atoms with Gasteiger partial charge in [-0.25, -0.2) is 4.79 Å². The van der Waals surface area contributed by atoms with Gasteiger partial charge in [0, 0.05) is 66.3 Å². The lowest BCUT2D eigenvalue weighted by molar-refractivity contribution is 0.0786. The highest BCUT2D eigenvalue weighted by molar-refractivity contribution is 6.16. The summed E-state index contributed by atoms with van der Waals surface area (Å²) in [6.07, 6.45) is 3.73. The van der Waals surface area contributed by atoms with Crippen LogP contribution in [0.2, 0.25) is 0 Å². The fourth-order valence-electron chi connectivity index (χ4n) is 4.88. The number of urea groups is 1. The first-order valence-electron chi connectivity index (χ1n) is 14.0. The predicted molar refractivity (Wildman–Crippen MR) is 168 cm³/mol. The Morgan fingerprint density at radius 3 is 2.37 bits per heavy atom. The zero-order valence-electron chi connectivity index (χ0n) is 24.9. The number of nitrogens with zero attached hydrogens (tertiary/aromatic N) is 3. The van der Waals surface area contributed by atoms with Crippen LogP contribution in [0, 0.1) is 0 Å². The predicted octanol–water partition coefficient (Wildman–Crippen LogP) is 5.56.